The first-order chi connectivity index (χ1) is 10.9. The molecule has 1 aliphatic carbocycles. The number of hydrogen-bond donors (Lipinski definition) is 0. The Morgan fingerprint density at radius 1 is 1.13 bits per heavy atom. The van der Waals surface area contributed by atoms with Crippen molar-refractivity contribution in [1.29, 1.82) is 0 Å². The van der Waals surface area contributed by atoms with E-state index in [0.717, 1.165) is 50.9 Å². The van der Waals surface area contributed by atoms with E-state index in [1.807, 2.05) is 4.90 Å². The summed E-state index contributed by atoms with van der Waals surface area (Å²) in [6, 6.07) is 6.49. The standard InChI is InChI=1S/C19H24FNO2/c1-17(2)13-19(17,14-3-5-15(20)6-4-14)16(22)21-10-7-18(8-11-21)9-12-23-18/h3-6H,7-13H2,1-2H3/t19-/m0/s1. The molecule has 124 valence electrons. The fraction of sp³-hybridized carbons (Fsp3) is 0.632. The van der Waals surface area contributed by atoms with Crippen molar-refractivity contribution in [3.8, 4) is 0 Å². The van der Waals surface area contributed by atoms with E-state index in [2.05, 4.69) is 13.8 Å². The summed E-state index contributed by atoms with van der Waals surface area (Å²) >= 11 is 0. The number of hydrogen-bond acceptors (Lipinski definition) is 2. The summed E-state index contributed by atoms with van der Waals surface area (Å²) in [5.74, 6) is -0.0415. The molecule has 23 heavy (non-hydrogen) atoms. The Hall–Kier alpha value is -1.42. The van der Waals surface area contributed by atoms with Crippen molar-refractivity contribution in [2.45, 2.75) is 50.5 Å². The van der Waals surface area contributed by atoms with Crippen molar-refractivity contribution in [3.63, 3.8) is 0 Å². The number of carbonyl (C=O) groups excluding carboxylic acids is 1. The lowest BCUT2D eigenvalue weighted by molar-refractivity contribution is -0.177. The zero-order valence-electron chi connectivity index (χ0n) is 13.9. The molecule has 1 atom stereocenters. The number of nitrogens with zero attached hydrogens (tertiary/aromatic N) is 1. The molecule has 2 heterocycles. The quantitative estimate of drug-likeness (QED) is 0.838. The molecule has 1 aromatic rings. The molecule has 3 nitrogen and oxygen atoms in total. The van der Waals surface area contributed by atoms with Crippen LogP contribution in [0, 0.1) is 11.2 Å². The van der Waals surface area contributed by atoms with Crippen LogP contribution < -0.4 is 0 Å². The van der Waals surface area contributed by atoms with Gasteiger partial charge in [-0.1, -0.05) is 26.0 Å². The number of carbonyl (C=O) groups is 1. The van der Waals surface area contributed by atoms with Crippen molar-refractivity contribution >= 4 is 5.91 Å². The van der Waals surface area contributed by atoms with Gasteiger partial charge in [0, 0.05) is 13.1 Å². The van der Waals surface area contributed by atoms with Gasteiger partial charge in [-0.25, -0.2) is 4.39 Å². The molecule has 4 rings (SSSR count). The van der Waals surface area contributed by atoms with E-state index in [1.54, 1.807) is 12.1 Å². The van der Waals surface area contributed by atoms with Gasteiger partial charge < -0.3 is 9.64 Å². The maximum absolute atomic E-state index is 13.3. The Morgan fingerprint density at radius 2 is 1.70 bits per heavy atom. The Kier molecular flexibility index (Phi) is 3.15. The molecule has 1 aromatic carbocycles. The van der Waals surface area contributed by atoms with Crippen molar-refractivity contribution in [3.05, 3.63) is 35.6 Å². The third-order valence-electron chi connectivity index (χ3n) is 6.37. The third-order valence-corrected chi connectivity index (χ3v) is 6.37. The number of amides is 1. The minimum atomic E-state index is -0.480. The summed E-state index contributed by atoms with van der Waals surface area (Å²) in [6.45, 7) is 6.68. The normalized spacial score (nSPS) is 30.8. The highest BCUT2D eigenvalue weighted by molar-refractivity contribution is 5.93. The van der Waals surface area contributed by atoms with Crippen molar-refractivity contribution in [1.82, 2.24) is 4.90 Å². The zero-order chi connectivity index (χ0) is 16.3. The van der Waals surface area contributed by atoms with Crippen LogP contribution in [0.2, 0.25) is 0 Å². The van der Waals surface area contributed by atoms with Gasteiger partial charge >= 0.3 is 0 Å². The van der Waals surface area contributed by atoms with Gasteiger partial charge in [-0.2, -0.15) is 0 Å². The van der Waals surface area contributed by atoms with Crippen LogP contribution in [0.25, 0.3) is 0 Å². The summed E-state index contributed by atoms with van der Waals surface area (Å²) in [6.07, 6.45) is 3.85. The Morgan fingerprint density at radius 3 is 2.13 bits per heavy atom. The predicted octanol–water partition coefficient (Wildman–Crippen LogP) is 3.27. The molecule has 0 unspecified atom stereocenters. The van der Waals surface area contributed by atoms with Crippen molar-refractivity contribution < 1.29 is 13.9 Å². The summed E-state index contributed by atoms with van der Waals surface area (Å²) in [4.78, 5) is 15.3. The van der Waals surface area contributed by atoms with E-state index >= 15 is 0 Å². The SMILES string of the molecule is CC1(C)C[C@@]1(C(=O)N1CCC2(CCO2)CC1)c1ccc(F)cc1. The molecular weight excluding hydrogens is 293 g/mol. The molecule has 1 saturated carbocycles. The highest BCUT2D eigenvalue weighted by atomic mass is 19.1. The molecule has 2 aliphatic heterocycles. The topological polar surface area (TPSA) is 29.5 Å². The van der Waals surface area contributed by atoms with E-state index in [4.69, 9.17) is 4.74 Å². The fourth-order valence-corrected chi connectivity index (χ4v) is 4.51. The molecule has 4 heteroatoms. The molecule has 1 spiro atoms. The number of benzene rings is 1. The van der Waals surface area contributed by atoms with Gasteiger partial charge in [0.1, 0.15) is 5.82 Å². The third kappa shape index (κ3) is 2.14. The largest absolute Gasteiger partial charge is 0.375 e. The number of ether oxygens (including phenoxy) is 1. The lowest BCUT2D eigenvalue weighted by Gasteiger charge is -2.48. The monoisotopic (exact) mass is 317 g/mol. The summed E-state index contributed by atoms with van der Waals surface area (Å²) < 4.78 is 19.0. The lowest BCUT2D eigenvalue weighted by Crippen LogP contribution is -2.55. The van der Waals surface area contributed by atoms with Crippen LogP contribution in [0.3, 0.4) is 0 Å². The second kappa shape index (κ2) is 4.79. The maximum Gasteiger partial charge on any atom is 0.233 e. The second-order valence-corrected chi connectivity index (χ2v) is 8.05. The van der Waals surface area contributed by atoms with Crippen LogP contribution in [-0.4, -0.2) is 36.1 Å². The average molecular weight is 317 g/mol. The molecule has 0 N–H and O–H groups in total. The summed E-state index contributed by atoms with van der Waals surface area (Å²) in [5.41, 5.74) is 0.461. The van der Waals surface area contributed by atoms with Crippen LogP contribution in [0.15, 0.2) is 24.3 Å². The summed E-state index contributed by atoms with van der Waals surface area (Å²) in [5, 5.41) is 0. The van der Waals surface area contributed by atoms with Gasteiger partial charge in [0.25, 0.3) is 0 Å². The molecule has 3 aliphatic rings. The molecule has 2 saturated heterocycles. The van der Waals surface area contributed by atoms with E-state index in [9.17, 15) is 9.18 Å². The van der Waals surface area contributed by atoms with Crippen molar-refractivity contribution in [2.24, 2.45) is 5.41 Å². The highest BCUT2D eigenvalue weighted by Gasteiger charge is 2.68. The van der Waals surface area contributed by atoms with Crippen LogP contribution in [0.1, 0.15) is 45.1 Å². The summed E-state index contributed by atoms with van der Waals surface area (Å²) in [7, 11) is 0. The van der Waals surface area contributed by atoms with Gasteiger partial charge in [-0.15, -0.1) is 0 Å². The van der Waals surface area contributed by atoms with Crippen LogP contribution in [-0.2, 0) is 14.9 Å². The predicted molar refractivity (Wildman–Crippen MR) is 85.6 cm³/mol. The Balaban J connectivity index is 1.56. The highest BCUT2D eigenvalue weighted by Crippen LogP contribution is 2.65. The van der Waals surface area contributed by atoms with Crippen LogP contribution in [0.4, 0.5) is 4.39 Å². The number of rotatable bonds is 2. The molecule has 3 fully saturated rings. The van der Waals surface area contributed by atoms with E-state index in [1.165, 1.54) is 12.1 Å². The minimum Gasteiger partial charge on any atom is -0.375 e. The van der Waals surface area contributed by atoms with Gasteiger partial charge in [0.15, 0.2) is 0 Å². The first kappa shape index (κ1) is 15.1. The molecule has 1 amide bonds. The first-order valence-corrected chi connectivity index (χ1v) is 8.58. The maximum atomic E-state index is 13.3. The van der Waals surface area contributed by atoms with Crippen LogP contribution in [0.5, 0.6) is 0 Å². The van der Waals surface area contributed by atoms with Gasteiger partial charge in [0.2, 0.25) is 5.91 Å². The number of likely N-dealkylation sites (tertiary alicyclic amines) is 1. The zero-order valence-corrected chi connectivity index (χ0v) is 13.9. The number of halogens is 1. The Bertz CT molecular complexity index is 625. The van der Waals surface area contributed by atoms with Crippen LogP contribution >= 0.6 is 0 Å². The fourth-order valence-electron chi connectivity index (χ4n) is 4.51. The Labute approximate surface area is 136 Å². The number of piperidine rings is 1. The van der Waals surface area contributed by atoms with E-state index in [0.29, 0.717) is 0 Å². The molecule has 0 radical (unpaired) electrons. The molecular formula is C19H24FNO2. The van der Waals surface area contributed by atoms with Gasteiger partial charge in [0.05, 0.1) is 17.6 Å². The first-order valence-electron chi connectivity index (χ1n) is 8.58. The van der Waals surface area contributed by atoms with Crippen molar-refractivity contribution in [2.75, 3.05) is 19.7 Å². The van der Waals surface area contributed by atoms with E-state index in [-0.39, 0.29) is 22.7 Å². The molecule has 0 aromatic heterocycles. The van der Waals surface area contributed by atoms with Gasteiger partial charge in [-0.05, 0) is 48.8 Å². The second-order valence-electron chi connectivity index (χ2n) is 8.05. The average Bonchev–Trinajstić information content (AvgIpc) is 3.10. The smallest absolute Gasteiger partial charge is 0.233 e. The lowest BCUT2D eigenvalue weighted by atomic mass is 9.82. The van der Waals surface area contributed by atoms with Gasteiger partial charge in [-0.3, -0.25) is 4.79 Å². The van der Waals surface area contributed by atoms with E-state index < -0.39 is 5.41 Å². The minimum absolute atomic E-state index is 0.0545. The molecule has 0 bridgehead atoms.